The molecule has 0 saturated carbocycles. The number of benzene rings is 2. The summed E-state index contributed by atoms with van der Waals surface area (Å²) in [4.78, 5) is 25.8. The van der Waals surface area contributed by atoms with Gasteiger partial charge in [0.05, 0.1) is 13.2 Å². The fraction of sp³-hybridized carbons (Fsp3) is 0.222. The van der Waals surface area contributed by atoms with Crippen LogP contribution in [-0.2, 0) is 4.79 Å². The van der Waals surface area contributed by atoms with E-state index in [1.165, 1.54) is 11.0 Å². The van der Waals surface area contributed by atoms with Crippen LogP contribution < -0.4 is 15.0 Å². The van der Waals surface area contributed by atoms with Crippen LogP contribution in [0.25, 0.3) is 0 Å². The second-order valence-electron chi connectivity index (χ2n) is 5.67. The Morgan fingerprint density at radius 2 is 1.80 bits per heavy atom. The molecule has 0 spiro atoms. The van der Waals surface area contributed by atoms with Crippen molar-refractivity contribution < 1.29 is 23.1 Å². The number of carbonyl (C=O) groups excluding carboxylic acids is 2. The maximum absolute atomic E-state index is 13.7. The van der Waals surface area contributed by atoms with Gasteiger partial charge in [0.25, 0.3) is 5.91 Å². The van der Waals surface area contributed by atoms with E-state index in [9.17, 15) is 18.4 Å². The Labute approximate surface area is 143 Å². The van der Waals surface area contributed by atoms with E-state index in [4.69, 9.17) is 4.74 Å². The molecule has 25 heavy (non-hydrogen) atoms. The van der Waals surface area contributed by atoms with Crippen molar-refractivity contribution in [2.24, 2.45) is 0 Å². The summed E-state index contributed by atoms with van der Waals surface area (Å²) in [5.41, 5.74) is 0.0254. The number of rotatable bonds is 4. The van der Waals surface area contributed by atoms with Crippen LogP contribution in [-0.4, -0.2) is 31.5 Å². The van der Waals surface area contributed by atoms with Crippen molar-refractivity contribution >= 4 is 17.5 Å². The first-order valence-corrected chi connectivity index (χ1v) is 7.69. The largest absolute Gasteiger partial charge is 0.497 e. The number of nitrogens with one attached hydrogen (secondary N) is 1. The number of carbonyl (C=O) groups is 2. The molecule has 0 radical (unpaired) electrons. The number of anilines is 1. The number of ether oxygens (including phenoxy) is 1. The Kier molecular flexibility index (Phi) is 4.65. The van der Waals surface area contributed by atoms with Gasteiger partial charge in [-0.3, -0.25) is 9.59 Å². The molecule has 1 saturated heterocycles. The summed E-state index contributed by atoms with van der Waals surface area (Å²) in [5, 5.41) is 2.52. The van der Waals surface area contributed by atoms with Gasteiger partial charge in [0.1, 0.15) is 22.9 Å². The summed E-state index contributed by atoms with van der Waals surface area (Å²) >= 11 is 0. The first kappa shape index (κ1) is 16.9. The molecule has 0 bridgehead atoms. The lowest BCUT2D eigenvalue weighted by Crippen LogP contribution is -2.38. The molecule has 0 aromatic heterocycles. The monoisotopic (exact) mass is 346 g/mol. The molecule has 1 heterocycles. The van der Waals surface area contributed by atoms with Crippen molar-refractivity contribution in [1.82, 2.24) is 5.32 Å². The van der Waals surface area contributed by atoms with E-state index in [2.05, 4.69) is 5.32 Å². The number of hydrogen-bond acceptors (Lipinski definition) is 3. The second kappa shape index (κ2) is 6.88. The van der Waals surface area contributed by atoms with Crippen LogP contribution in [0.2, 0.25) is 0 Å². The maximum Gasteiger partial charge on any atom is 0.257 e. The predicted molar refractivity (Wildman–Crippen MR) is 87.6 cm³/mol. The SMILES string of the molecule is COc1ccc(N2C[C@H](NC(=O)c3c(F)cccc3F)CC2=O)cc1. The van der Waals surface area contributed by atoms with Gasteiger partial charge in [0.2, 0.25) is 5.91 Å². The van der Waals surface area contributed by atoms with Crippen LogP contribution in [0.15, 0.2) is 42.5 Å². The average molecular weight is 346 g/mol. The fourth-order valence-electron chi connectivity index (χ4n) is 2.79. The summed E-state index contributed by atoms with van der Waals surface area (Å²) in [7, 11) is 1.55. The van der Waals surface area contributed by atoms with Crippen LogP contribution in [0.1, 0.15) is 16.8 Å². The van der Waals surface area contributed by atoms with Crippen LogP contribution in [0.3, 0.4) is 0 Å². The molecule has 0 aliphatic carbocycles. The van der Waals surface area contributed by atoms with Crippen molar-refractivity contribution in [3.63, 3.8) is 0 Å². The van der Waals surface area contributed by atoms with Crippen molar-refractivity contribution in [3.8, 4) is 5.75 Å². The van der Waals surface area contributed by atoms with Crippen molar-refractivity contribution in [1.29, 1.82) is 0 Å². The highest BCUT2D eigenvalue weighted by atomic mass is 19.1. The number of nitrogens with zero attached hydrogens (tertiary/aromatic N) is 1. The third-order valence-electron chi connectivity index (χ3n) is 4.03. The molecule has 130 valence electrons. The summed E-state index contributed by atoms with van der Waals surface area (Å²) in [6, 6.07) is 9.61. The number of methoxy groups -OCH3 is 1. The summed E-state index contributed by atoms with van der Waals surface area (Å²) in [6.45, 7) is 0.229. The van der Waals surface area contributed by atoms with Gasteiger partial charge in [0, 0.05) is 18.7 Å². The zero-order valence-electron chi connectivity index (χ0n) is 13.5. The zero-order chi connectivity index (χ0) is 18.0. The lowest BCUT2D eigenvalue weighted by atomic mass is 10.1. The van der Waals surface area contributed by atoms with Gasteiger partial charge >= 0.3 is 0 Å². The minimum Gasteiger partial charge on any atom is -0.497 e. The van der Waals surface area contributed by atoms with E-state index in [0.717, 1.165) is 12.1 Å². The van der Waals surface area contributed by atoms with Gasteiger partial charge < -0.3 is 15.0 Å². The van der Waals surface area contributed by atoms with E-state index < -0.39 is 29.1 Å². The fourth-order valence-corrected chi connectivity index (χ4v) is 2.79. The molecule has 5 nitrogen and oxygen atoms in total. The third-order valence-corrected chi connectivity index (χ3v) is 4.03. The van der Waals surface area contributed by atoms with Gasteiger partial charge in [0.15, 0.2) is 0 Å². The molecule has 0 unspecified atom stereocenters. The van der Waals surface area contributed by atoms with E-state index in [1.807, 2.05) is 0 Å². The van der Waals surface area contributed by atoms with Gasteiger partial charge in [-0.25, -0.2) is 8.78 Å². The first-order valence-electron chi connectivity index (χ1n) is 7.69. The molecule has 7 heteroatoms. The van der Waals surface area contributed by atoms with Gasteiger partial charge in [-0.2, -0.15) is 0 Å². The molecular formula is C18H16F2N2O3. The summed E-state index contributed by atoms with van der Waals surface area (Å²) < 4.78 is 32.4. The highest BCUT2D eigenvalue weighted by molar-refractivity contribution is 5.99. The molecule has 2 amide bonds. The van der Waals surface area contributed by atoms with Gasteiger partial charge in [-0.1, -0.05) is 6.07 Å². The van der Waals surface area contributed by atoms with Crippen LogP contribution in [0.5, 0.6) is 5.75 Å². The van der Waals surface area contributed by atoms with E-state index in [0.29, 0.717) is 11.4 Å². The molecular weight excluding hydrogens is 330 g/mol. The van der Waals surface area contributed by atoms with Crippen LogP contribution >= 0.6 is 0 Å². The lowest BCUT2D eigenvalue weighted by molar-refractivity contribution is -0.117. The standard InChI is InChI=1S/C18H16F2N2O3/c1-25-13-7-5-12(6-8-13)22-10-11(9-16(22)23)21-18(24)17-14(19)3-2-4-15(17)20/h2-8,11H,9-10H2,1H3,(H,21,24)/t11-/m1/s1. The molecule has 1 aliphatic rings. The molecule has 1 fully saturated rings. The van der Waals surface area contributed by atoms with Crippen LogP contribution in [0.4, 0.5) is 14.5 Å². The Morgan fingerprint density at radius 3 is 2.40 bits per heavy atom. The van der Waals surface area contributed by atoms with E-state index >= 15 is 0 Å². The Balaban J connectivity index is 1.71. The molecule has 2 aromatic carbocycles. The highest BCUT2D eigenvalue weighted by Gasteiger charge is 2.32. The lowest BCUT2D eigenvalue weighted by Gasteiger charge is -2.17. The first-order chi connectivity index (χ1) is 12.0. The maximum atomic E-state index is 13.7. The van der Waals surface area contributed by atoms with Gasteiger partial charge in [-0.05, 0) is 36.4 Å². The minimum absolute atomic E-state index is 0.0633. The van der Waals surface area contributed by atoms with Gasteiger partial charge in [-0.15, -0.1) is 0 Å². The quantitative estimate of drug-likeness (QED) is 0.925. The van der Waals surface area contributed by atoms with E-state index in [-0.39, 0.29) is 18.9 Å². The smallest absolute Gasteiger partial charge is 0.257 e. The summed E-state index contributed by atoms with van der Waals surface area (Å²) in [6.07, 6.45) is 0.0633. The molecule has 3 rings (SSSR count). The van der Waals surface area contributed by atoms with Crippen molar-refractivity contribution in [3.05, 3.63) is 59.7 Å². The molecule has 1 aliphatic heterocycles. The predicted octanol–water partition coefficient (Wildman–Crippen LogP) is 2.51. The Bertz CT molecular complexity index is 788. The average Bonchev–Trinajstić information content (AvgIpc) is 2.95. The molecule has 1 atom stereocenters. The van der Waals surface area contributed by atoms with Crippen LogP contribution in [0, 0.1) is 11.6 Å². The normalized spacial score (nSPS) is 16.8. The number of amides is 2. The third kappa shape index (κ3) is 3.45. The number of halogens is 2. The minimum atomic E-state index is -0.936. The second-order valence-corrected chi connectivity index (χ2v) is 5.67. The zero-order valence-corrected chi connectivity index (χ0v) is 13.5. The van der Waals surface area contributed by atoms with E-state index in [1.54, 1.807) is 31.4 Å². The number of hydrogen-bond donors (Lipinski definition) is 1. The highest BCUT2D eigenvalue weighted by Crippen LogP contribution is 2.24. The van der Waals surface area contributed by atoms with Crippen molar-refractivity contribution in [2.45, 2.75) is 12.5 Å². The molecule has 2 aromatic rings. The van der Waals surface area contributed by atoms with Crippen molar-refractivity contribution in [2.75, 3.05) is 18.6 Å². The topological polar surface area (TPSA) is 58.6 Å². The Hall–Kier alpha value is -2.96. The molecule has 1 N–H and O–H groups in total. The Morgan fingerprint density at radius 1 is 1.16 bits per heavy atom. The summed E-state index contributed by atoms with van der Waals surface area (Å²) in [5.74, 6) is -2.26.